The molecule has 0 saturated carbocycles. The van der Waals surface area contributed by atoms with Crippen molar-refractivity contribution in [2.24, 2.45) is 5.41 Å². The average molecular weight is 275 g/mol. The van der Waals surface area contributed by atoms with Crippen molar-refractivity contribution < 1.29 is 0 Å². The summed E-state index contributed by atoms with van der Waals surface area (Å²) in [5, 5.41) is 7.10. The highest BCUT2D eigenvalue weighted by Crippen LogP contribution is 2.30. The maximum Gasteiger partial charge on any atom is 0.125 e. The van der Waals surface area contributed by atoms with Crippen LogP contribution in [0, 0.1) is 5.41 Å². The standard InChI is InChI=1S/C17H29N3/c1-16(2,3)13-7-8-15(19-11-13)20-12-14-17(4,5)9-6-10-18-14/h7-8,11,14,18H,6,9-10,12H2,1-5H3,(H,19,20). The fourth-order valence-corrected chi connectivity index (χ4v) is 2.77. The third-order valence-electron chi connectivity index (χ3n) is 4.45. The van der Waals surface area contributed by atoms with Gasteiger partial charge in [0.25, 0.3) is 0 Å². The fraction of sp³-hybridized carbons (Fsp3) is 0.706. The molecule has 2 heterocycles. The van der Waals surface area contributed by atoms with E-state index >= 15 is 0 Å². The second kappa shape index (κ2) is 5.72. The largest absolute Gasteiger partial charge is 0.368 e. The second-order valence-corrected chi connectivity index (χ2v) is 7.66. The molecule has 0 spiro atoms. The van der Waals surface area contributed by atoms with Crippen LogP contribution >= 0.6 is 0 Å². The molecule has 20 heavy (non-hydrogen) atoms. The van der Waals surface area contributed by atoms with Gasteiger partial charge in [0, 0.05) is 18.8 Å². The molecular formula is C17H29N3. The van der Waals surface area contributed by atoms with Crippen molar-refractivity contribution in [2.45, 2.75) is 58.9 Å². The number of rotatable bonds is 3. The van der Waals surface area contributed by atoms with E-state index in [-0.39, 0.29) is 5.41 Å². The number of pyridine rings is 1. The monoisotopic (exact) mass is 275 g/mol. The smallest absolute Gasteiger partial charge is 0.125 e. The second-order valence-electron chi connectivity index (χ2n) is 7.66. The number of hydrogen-bond acceptors (Lipinski definition) is 3. The van der Waals surface area contributed by atoms with Gasteiger partial charge in [-0.25, -0.2) is 4.98 Å². The Bertz CT molecular complexity index is 429. The topological polar surface area (TPSA) is 37.0 Å². The molecule has 0 radical (unpaired) electrons. The number of piperidine rings is 1. The summed E-state index contributed by atoms with van der Waals surface area (Å²) in [5.41, 5.74) is 1.80. The normalized spacial score (nSPS) is 22.6. The molecule has 0 aliphatic carbocycles. The van der Waals surface area contributed by atoms with Crippen LogP contribution in [-0.4, -0.2) is 24.1 Å². The van der Waals surface area contributed by atoms with Gasteiger partial charge in [-0.05, 0) is 41.8 Å². The molecule has 2 N–H and O–H groups in total. The first kappa shape index (κ1) is 15.3. The highest BCUT2D eigenvalue weighted by molar-refractivity contribution is 5.37. The van der Waals surface area contributed by atoms with Gasteiger partial charge in [-0.1, -0.05) is 40.7 Å². The van der Waals surface area contributed by atoms with Crippen LogP contribution in [0.5, 0.6) is 0 Å². The van der Waals surface area contributed by atoms with E-state index in [1.165, 1.54) is 18.4 Å². The minimum Gasteiger partial charge on any atom is -0.368 e. The molecule has 1 fully saturated rings. The highest BCUT2D eigenvalue weighted by atomic mass is 15.0. The van der Waals surface area contributed by atoms with Gasteiger partial charge in [0.1, 0.15) is 5.82 Å². The molecule has 3 nitrogen and oxygen atoms in total. The predicted molar refractivity (Wildman–Crippen MR) is 86.2 cm³/mol. The Hall–Kier alpha value is -1.09. The highest BCUT2D eigenvalue weighted by Gasteiger charge is 2.31. The summed E-state index contributed by atoms with van der Waals surface area (Å²) >= 11 is 0. The Kier molecular flexibility index (Phi) is 4.38. The van der Waals surface area contributed by atoms with Crippen LogP contribution in [0.1, 0.15) is 53.0 Å². The first-order valence-corrected chi connectivity index (χ1v) is 7.73. The van der Waals surface area contributed by atoms with Crippen molar-refractivity contribution in [3.05, 3.63) is 23.9 Å². The van der Waals surface area contributed by atoms with Crippen LogP contribution in [-0.2, 0) is 5.41 Å². The molecule has 1 aromatic heterocycles. The number of nitrogens with zero attached hydrogens (tertiary/aromatic N) is 1. The van der Waals surface area contributed by atoms with Crippen molar-refractivity contribution in [3.8, 4) is 0 Å². The minimum absolute atomic E-state index is 0.165. The zero-order valence-electron chi connectivity index (χ0n) is 13.6. The van der Waals surface area contributed by atoms with Crippen LogP contribution in [0.3, 0.4) is 0 Å². The lowest BCUT2D eigenvalue weighted by Crippen LogP contribution is -2.50. The molecule has 1 unspecified atom stereocenters. The van der Waals surface area contributed by atoms with Crippen molar-refractivity contribution >= 4 is 5.82 Å². The van der Waals surface area contributed by atoms with Crippen LogP contribution < -0.4 is 10.6 Å². The van der Waals surface area contributed by atoms with E-state index < -0.39 is 0 Å². The number of anilines is 1. The van der Waals surface area contributed by atoms with E-state index in [2.05, 4.69) is 62.4 Å². The first-order valence-electron chi connectivity index (χ1n) is 7.73. The van der Waals surface area contributed by atoms with E-state index in [1.54, 1.807) is 0 Å². The molecule has 0 amide bonds. The summed E-state index contributed by atoms with van der Waals surface area (Å²) in [6, 6.07) is 4.78. The SMILES string of the molecule is CC(C)(C)c1ccc(NCC2NCCCC2(C)C)nc1. The first-order chi connectivity index (χ1) is 9.29. The van der Waals surface area contributed by atoms with E-state index in [0.717, 1.165) is 18.9 Å². The third-order valence-corrected chi connectivity index (χ3v) is 4.45. The zero-order valence-corrected chi connectivity index (χ0v) is 13.6. The van der Waals surface area contributed by atoms with Crippen LogP contribution in [0.2, 0.25) is 0 Å². The fourth-order valence-electron chi connectivity index (χ4n) is 2.77. The molecule has 0 bridgehead atoms. The predicted octanol–water partition coefficient (Wildman–Crippen LogP) is 3.57. The summed E-state index contributed by atoms with van der Waals surface area (Å²) in [6.45, 7) is 13.4. The maximum atomic E-state index is 4.54. The molecule has 3 heteroatoms. The third kappa shape index (κ3) is 3.72. The van der Waals surface area contributed by atoms with Crippen molar-refractivity contribution in [1.82, 2.24) is 10.3 Å². The molecule has 0 aromatic carbocycles. The Morgan fingerprint density at radius 3 is 2.65 bits per heavy atom. The van der Waals surface area contributed by atoms with Gasteiger partial charge < -0.3 is 10.6 Å². The van der Waals surface area contributed by atoms with Crippen molar-refractivity contribution in [1.29, 1.82) is 0 Å². The average Bonchev–Trinajstić information content (AvgIpc) is 2.36. The summed E-state index contributed by atoms with van der Waals surface area (Å²) in [4.78, 5) is 4.54. The van der Waals surface area contributed by atoms with Gasteiger partial charge in [-0.15, -0.1) is 0 Å². The zero-order chi connectivity index (χ0) is 14.8. The Balaban J connectivity index is 1.94. The molecule has 1 aromatic rings. The van der Waals surface area contributed by atoms with E-state index in [0.29, 0.717) is 11.5 Å². The molecule has 1 saturated heterocycles. The number of hydrogen-bond donors (Lipinski definition) is 2. The van der Waals surface area contributed by atoms with Crippen molar-refractivity contribution in [3.63, 3.8) is 0 Å². The molecule has 1 aliphatic heterocycles. The van der Waals surface area contributed by atoms with Crippen LogP contribution in [0.15, 0.2) is 18.3 Å². The quantitative estimate of drug-likeness (QED) is 0.885. The van der Waals surface area contributed by atoms with Gasteiger partial charge in [0.15, 0.2) is 0 Å². The van der Waals surface area contributed by atoms with Gasteiger partial charge in [0.2, 0.25) is 0 Å². The summed E-state index contributed by atoms with van der Waals surface area (Å²) in [5.74, 6) is 0.973. The lowest BCUT2D eigenvalue weighted by Gasteiger charge is -2.39. The van der Waals surface area contributed by atoms with Gasteiger partial charge >= 0.3 is 0 Å². The Morgan fingerprint density at radius 2 is 2.10 bits per heavy atom. The maximum absolute atomic E-state index is 4.54. The van der Waals surface area contributed by atoms with E-state index in [9.17, 15) is 0 Å². The Labute approximate surface area is 123 Å². The van der Waals surface area contributed by atoms with Gasteiger partial charge in [0.05, 0.1) is 0 Å². The van der Waals surface area contributed by atoms with Gasteiger partial charge in [-0.3, -0.25) is 0 Å². The van der Waals surface area contributed by atoms with E-state index in [1.807, 2.05) is 6.20 Å². The van der Waals surface area contributed by atoms with Gasteiger partial charge in [-0.2, -0.15) is 0 Å². The van der Waals surface area contributed by atoms with Crippen LogP contribution in [0.25, 0.3) is 0 Å². The summed E-state index contributed by atoms with van der Waals surface area (Å²) in [7, 11) is 0. The lowest BCUT2D eigenvalue weighted by atomic mass is 9.77. The number of aromatic nitrogens is 1. The number of nitrogens with one attached hydrogen (secondary N) is 2. The summed E-state index contributed by atoms with van der Waals surface area (Å²) < 4.78 is 0. The molecule has 1 atom stereocenters. The van der Waals surface area contributed by atoms with Crippen molar-refractivity contribution in [2.75, 3.05) is 18.4 Å². The molecular weight excluding hydrogens is 246 g/mol. The minimum atomic E-state index is 0.165. The lowest BCUT2D eigenvalue weighted by molar-refractivity contribution is 0.188. The molecule has 112 valence electrons. The van der Waals surface area contributed by atoms with Crippen LogP contribution in [0.4, 0.5) is 5.82 Å². The molecule has 1 aliphatic rings. The summed E-state index contributed by atoms with van der Waals surface area (Å²) in [6.07, 6.45) is 4.56. The molecule has 2 rings (SSSR count). The Morgan fingerprint density at radius 1 is 1.35 bits per heavy atom. The van der Waals surface area contributed by atoms with E-state index in [4.69, 9.17) is 0 Å².